The van der Waals surface area contributed by atoms with E-state index in [0.29, 0.717) is 0 Å². The highest BCUT2D eigenvalue weighted by Gasteiger charge is 2.17. The van der Waals surface area contributed by atoms with Crippen molar-refractivity contribution >= 4 is 11.3 Å². The van der Waals surface area contributed by atoms with E-state index in [1.165, 1.54) is 54.8 Å². The van der Waals surface area contributed by atoms with Gasteiger partial charge in [-0.3, -0.25) is 0 Å². The Balaban J connectivity index is 1.91. The van der Waals surface area contributed by atoms with Crippen molar-refractivity contribution in [2.24, 2.45) is 0 Å². The number of hydrogen-bond acceptors (Lipinski definition) is 3. The quantitative estimate of drug-likeness (QED) is 0.855. The number of rotatable bonds is 3. The molecule has 0 bridgehead atoms. The zero-order chi connectivity index (χ0) is 13.7. The maximum absolute atomic E-state index is 4.69. The standard InChI is InChI=1S/C16H28N2S/c1-16(2,3)18-12-14-11-17-15(19-14)13-9-7-5-4-6-8-10-13/h11,13,18H,4-10,12H2,1-3H3. The SMILES string of the molecule is CC(C)(C)NCc1cnc(C2CCCCCCC2)s1. The summed E-state index contributed by atoms with van der Waals surface area (Å²) in [5, 5.41) is 4.93. The van der Waals surface area contributed by atoms with Crippen molar-refractivity contribution in [2.45, 2.75) is 83.7 Å². The predicted molar refractivity (Wildman–Crippen MR) is 83.8 cm³/mol. The largest absolute Gasteiger partial charge is 0.307 e. The van der Waals surface area contributed by atoms with Crippen LogP contribution in [0.4, 0.5) is 0 Å². The fraction of sp³-hybridized carbons (Fsp3) is 0.812. The van der Waals surface area contributed by atoms with Gasteiger partial charge in [-0.15, -0.1) is 11.3 Å². The van der Waals surface area contributed by atoms with Crippen molar-refractivity contribution in [2.75, 3.05) is 0 Å². The first-order valence-electron chi connectivity index (χ1n) is 7.74. The minimum absolute atomic E-state index is 0.185. The molecule has 108 valence electrons. The molecule has 0 aromatic carbocycles. The number of nitrogens with one attached hydrogen (secondary N) is 1. The lowest BCUT2D eigenvalue weighted by atomic mass is 9.92. The Morgan fingerprint density at radius 2 is 1.79 bits per heavy atom. The van der Waals surface area contributed by atoms with Gasteiger partial charge >= 0.3 is 0 Å². The fourth-order valence-corrected chi connectivity index (χ4v) is 3.67. The summed E-state index contributed by atoms with van der Waals surface area (Å²) >= 11 is 1.92. The second-order valence-corrected chi connectivity index (χ2v) is 7.96. The van der Waals surface area contributed by atoms with Crippen LogP contribution in [0.15, 0.2) is 6.20 Å². The van der Waals surface area contributed by atoms with Crippen molar-refractivity contribution < 1.29 is 0 Å². The molecule has 1 aliphatic rings. The summed E-state index contributed by atoms with van der Waals surface area (Å²) in [6.45, 7) is 7.59. The van der Waals surface area contributed by atoms with E-state index in [1.54, 1.807) is 0 Å². The van der Waals surface area contributed by atoms with Crippen LogP contribution in [-0.4, -0.2) is 10.5 Å². The molecular formula is C16H28N2S. The molecule has 1 aliphatic carbocycles. The third-order valence-corrected chi connectivity index (χ3v) is 4.98. The summed E-state index contributed by atoms with van der Waals surface area (Å²) in [4.78, 5) is 6.07. The molecule has 3 heteroatoms. The monoisotopic (exact) mass is 280 g/mol. The molecule has 0 amide bonds. The minimum Gasteiger partial charge on any atom is -0.307 e. The Labute approximate surface area is 122 Å². The smallest absolute Gasteiger partial charge is 0.0959 e. The zero-order valence-corrected chi connectivity index (χ0v) is 13.5. The third kappa shape index (κ3) is 5.23. The van der Waals surface area contributed by atoms with Crippen molar-refractivity contribution in [1.82, 2.24) is 10.3 Å². The van der Waals surface area contributed by atoms with Gasteiger partial charge in [0.25, 0.3) is 0 Å². The summed E-state index contributed by atoms with van der Waals surface area (Å²) in [6, 6.07) is 0. The third-order valence-electron chi connectivity index (χ3n) is 3.82. The van der Waals surface area contributed by atoms with Crippen LogP contribution >= 0.6 is 11.3 Å². The van der Waals surface area contributed by atoms with Gasteiger partial charge in [-0.25, -0.2) is 4.98 Å². The molecule has 0 spiro atoms. The van der Waals surface area contributed by atoms with E-state index in [4.69, 9.17) is 4.98 Å². The summed E-state index contributed by atoms with van der Waals surface area (Å²) in [7, 11) is 0. The summed E-state index contributed by atoms with van der Waals surface area (Å²) in [5.41, 5.74) is 0.185. The van der Waals surface area contributed by atoms with Crippen molar-refractivity contribution in [3.05, 3.63) is 16.1 Å². The van der Waals surface area contributed by atoms with Gasteiger partial charge in [-0.1, -0.05) is 32.1 Å². The van der Waals surface area contributed by atoms with Crippen molar-refractivity contribution in [3.8, 4) is 0 Å². The van der Waals surface area contributed by atoms with Gasteiger partial charge in [0, 0.05) is 29.1 Å². The second-order valence-electron chi connectivity index (χ2n) is 6.81. The van der Waals surface area contributed by atoms with Gasteiger partial charge < -0.3 is 5.32 Å². The van der Waals surface area contributed by atoms with Crippen LogP contribution in [0.3, 0.4) is 0 Å². The van der Waals surface area contributed by atoms with Crippen LogP contribution in [-0.2, 0) is 6.54 Å². The predicted octanol–water partition coefficient (Wildman–Crippen LogP) is 4.86. The number of hydrogen-bond donors (Lipinski definition) is 1. The Morgan fingerprint density at radius 1 is 1.16 bits per heavy atom. The van der Waals surface area contributed by atoms with E-state index in [-0.39, 0.29) is 5.54 Å². The first kappa shape index (κ1) is 15.0. The molecule has 1 fully saturated rings. The first-order valence-corrected chi connectivity index (χ1v) is 8.56. The van der Waals surface area contributed by atoms with Gasteiger partial charge in [0.1, 0.15) is 0 Å². The fourth-order valence-electron chi connectivity index (χ4n) is 2.65. The maximum atomic E-state index is 4.69. The van der Waals surface area contributed by atoms with Crippen molar-refractivity contribution in [1.29, 1.82) is 0 Å². The average Bonchev–Trinajstić information content (AvgIpc) is 2.73. The lowest BCUT2D eigenvalue weighted by Crippen LogP contribution is -2.34. The van der Waals surface area contributed by atoms with Gasteiger partial charge in [0.05, 0.1) is 5.01 Å². The van der Waals surface area contributed by atoms with Crippen LogP contribution in [0.5, 0.6) is 0 Å². The highest BCUT2D eigenvalue weighted by molar-refractivity contribution is 7.11. The molecule has 1 heterocycles. The molecule has 0 atom stereocenters. The Hall–Kier alpha value is -0.410. The lowest BCUT2D eigenvalue weighted by molar-refractivity contribution is 0.426. The molecule has 0 saturated heterocycles. The number of thiazole rings is 1. The Kier molecular flexibility index (Phi) is 5.40. The molecular weight excluding hydrogens is 252 g/mol. The van der Waals surface area contributed by atoms with E-state index >= 15 is 0 Å². The average molecular weight is 280 g/mol. The zero-order valence-electron chi connectivity index (χ0n) is 12.7. The van der Waals surface area contributed by atoms with E-state index < -0.39 is 0 Å². The molecule has 1 N–H and O–H groups in total. The molecule has 0 radical (unpaired) electrons. The highest BCUT2D eigenvalue weighted by Crippen LogP contribution is 2.33. The van der Waals surface area contributed by atoms with Crippen LogP contribution in [0.1, 0.15) is 81.5 Å². The molecule has 19 heavy (non-hydrogen) atoms. The first-order chi connectivity index (χ1) is 9.04. The van der Waals surface area contributed by atoms with Crippen LogP contribution < -0.4 is 5.32 Å². The molecule has 1 saturated carbocycles. The molecule has 1 aromatic heterocycles. The van der Waals surface area contributed by atoms with Crippen LogP contribution in [0.25, 0.3) is 0 Å². The molecule has 2 rings (SSSR count). The van der Waals surface area contributed by atoms with Crippen LogP contribution in [0.2, 0.25) is 0 Å². The lowest BCUT2D eigenvalue weighted by Gasteiger charge is -2.19. The normalized spacial score (nSPS) is 19.1. The minimum atomic E-state index is 0.185. The number of nitrogens with zero attached hydrogens (tertiary/aromatic N) is 1. The maximum Gasteiger partial charge on any atom is 0.0959 e. The van der Waals surface area contributed by atoms with E-state index in [0.717, 1.165) is 12.5 Å². The van der Waals surface area contributed by atoms with E-state index in [9.17, 15) is 0 Å². The Morgan fingerprint density at radius 3 is 2.42 bits per heavy atom. The van der Waals surface area contributed by atoms with Gasteiger partial charge in [-0.2, -0.15) is 0 Å². The van der Waals surface area contributed by atoms with Gasteiger partial charge in [-0.05, 0) is 33.6 Å². The van der Waals surface area contributed by atoms with Gasteiger partial charge in [0.2, 0.25) is 0 Å². The molecule has 2 nitrogen and oxygen atoms in total. The van der Waals surface area contributed by atoms with E-state index in [2.05, 4.69) is 32.3 Å². The topological polar surface area (TPSA) is 24.9 Å². The van der Waals surface area contributed by atoms with E-state index in [1.807, 2.05) is 11.3 Å². The Bertz CT molecular complexity index is 370. The van der Waals surface area contributed by atoms with Gasteiger partial charge in [0.15, 0.2) is 0 Å². The second kappa shape index (κ2) is 6.85. The summed E-state index contributed by atoms with van der Waals surface area (Å²) in [6.07, 6.45) is 11.8. The number of aromatic nitrogens is 1. The summed E-state index contributed by atoms with van der Waals surface area (Å²) < 4.78 is 0. The van der Waals surface area contributed by atoms with Crippen molar-refractivity contribution in [3.63, 3.8) is 0 Å². The molecule has 0 unspecified atom stereocenters. The molecule has 1 aromatic rings. The summed E-state index contributed by atoms with van der Waals surface area (Å²) in [5.74, 6) is 0.730. The highest BCUT2D eigenvalue weighted by atomic mass is 32.1. The van der Waals surface area contributed by atoms with Crippen LogP contribution in [0, 0.1) is 0 Å². The molecule has 0 aliphatic heterocycles.